The number of nitrogens with zero attached hydrogens (tertiary/aromatic N) is 2. The SMILES string of the molecule is Cc1cc(-n2cnc3c(NCCC(F)(F)F)cc(Oc4cccc(F)c4F)cc32)ccc1C(N)=O. The molecule has 1 heterocycles. The largest absolute Gasteiger partial charge is 0.454 e. The van der Waals surface area contributed by atoms with E-state index in [0.29, 0.717) is 27.8 Å². The summed E-state index contributed by atoms with van der Waals surface area (Å²) < 4.78 is 73.0. The van der Waals surface area contributed by atoms with Crippen LogP contribution < -0.4 is 15.8 Å². The number of fused-ring (bicyclic) bond motifs is 1. The second-order valence-corrected chi connectivity index (χ2v) is 7.76. The standard InChI is InChI=1S/C24H19F5N4O2/c1-13-9-14(5-6-16(13)23(30)34)33-12-32-22-18(31-8-7-24(27,28)29)10-15(11-19(22)33)35-20-4-2-3-17(25)21(20)26/h2-6,9-12,31H,7-8H2,1H3,(H2,30,34). The molecule has 0 saturated carbocycles. The van der Waals surface area contributed by atoms with Gasteiger partial charge in [-0.05, 0) is 42.8 Å². The highest BCUT2D eigenvalue weighted by atomic mass is 19.4. The van der Waals surface area contributed by atoms with Crippen molar-refractivity contribution in [3.8, 4) is 17.2 Å². The first kappa shape index (κ1) is 24.0. The first-order valence-electron chi connectivity index (χ1n) is 10.4. The van der Waals surface area contributed by atoms with Crippen LogP contribution in [0.5, 0.6) is 11.5 Å². The Morgan fingerprint density at radius 3 is 2.60 bits per heavy atom. The van der Waals surface area contributed by atoms with Gasteiger partial charge in [-0.2, -0.15) is 17.6 Å². The topological polar surface area (TPSA) is 82.2 Å². The number of rotatable bonds is 7. The smallest absolute Gasteiger partial charge is 0.390 e. The predicted octanol–water partition coefficient (Wildman–Crippen LogP) is 5.87. The quantitative estimate of drug-likeness (QED) is 0.318. The molecule has 6 nitrogen and oxygen atoms in total. The summed E-state index contributed by atoms with van der Waals surface area (Å²) in [6.45, 7) is 1.27. The lowest BCUT2D eigenvalue weighted by Crippen LogP contribution is -2.14. The van der Waals surface area contributed by atoms with Gasteiger partial charge in [0.1, 0.15) is 17.6 Å². The van der Waals surface area contributed by atoms with E-state index in [2.05, 4.69) is 10.3 Å². The highest BCUT2D eigenvalue weighted by molar-refractivity contribution is 5.95. The third-order valence-electron chi connectivity index (χ3n) is 5.25. The van der Waals surface area contributed by atoms with Crippen molar-refractivity contribution >= 4 is 22.6 Å². The third kappa shape index (κ3) is 5.18. The van der Waals surface area contributed by atoms with E-state index in [4.69, 9.17) is 10.5 Å². The molecule has 0 fully saturated rings. The number of halogens is 5. The second-order valence-electron chi connectivity index (χ2n) is 7.76. The summed E-state index contributed by atoms with van der Waals surface area (Å²) in [5, 5.41) is 2.69. The maximum absolute atomic E-state index is 14.2. The average Bonchev–Trinajstić information content (AvgIpc) is 3.20. The maximum atomic E-state index is 14.2. The van der Waals surface area contributed by atoms with Crippen LogP contribution in [0.2, 0.25) is 0 Å². The molecule has 4 aromatic rings. The summed E-state index contributed by atoms with van der Waals surface area (Å²) >= 11 is 0. The van der Waals surface area contributed by atoms with E-state index in [-0.39, 0.29) is 11.4 Å². The molecule has 3 N–H and O–H groups in total. The number of alkyl halides is 3. The number of hydrogen-bond donors (Lipinski definition) is 2. The van der Waals surface area contributed by atoms with Crippen molar-refractivity contribution in [1.29, 1.82) is 0 Å². The fraction of sp³-hybridized carbons (Fsp3) is 0.167. The van der Waals surface area contributed by atoms with Gasteiger partial charge in [0, 0.05) is 29.9 Å². The van der Waals surface area contributed by atoms with Crippen LogP contribution in [0.15, 0.2) is 54.9 Å². The minimum atomic E-state index is -4.37. The molecule has 0 saturated heterocycles. The van der Waals surface area contributed by atoms with Crippen LogP contribution in [0.1, 0.15) is 22.3 Å². The molecule has 0 aliphatic carbocycles. The van der Waals surface area contributed by atoms with Crippen LogP contribution in [0, 0.1) is 18.6 Å². The Balaban J connectivity index is 1.80. The molecule has 0 unspecified atom stereocenters. The van der Waals surface area contributed by atoms with Gasteiger partial charge >= 0.3 is 6.18 Å². The molecule has 0 aliphatic heterocycles. The molecule has 0 aliphatic rings. The highest BCUT2D eigenvalue weighted by Crippen LogP contribution is 2.34. The molecule has 0 bridgehead atoms. The number of anilines is 1. The molecule has 1 aromatic heterocycles. The number of benzene rings is 3. The number of aryl methyl sites for hydroxylation is 1. The molecule has 0 spiro atoms. The van der Waals surface area contributed by atoms with E-state index < -0.39 is 42.4 Å². The van der Waals surface area contributed by atoms with Gasteiger partial charge in [-0.3, -0.25) is 9.36 Å². The lowest BCUT2D eigenvalue weighted by Gasteiger charge is -2.14. The maximum Gasteiger partial charge on any atom is 0.390 e. The summed E-state index contributed by atoms with van der Waals surface area (Å²) in [4.78, 5) is 15.9. The van der Waals surface area contributed by atoms with Crippen LogP contribution in [-0.2, 0) is 0 Å². The number of carbonyl (C=O) groups excluding carboxylic acids is 1. The highest BCUT2D eigenvalue weighted by Gasteiger charge is 2.26. The van der Waals surface area contributed by atoms with E-state index in [0.717, 1.165) is 6.07 Å². The minimum absolute atomic E-state index is 0.0451. The van der Waals surface area contributed by atoms with Gasteiger partial charge in [0.25, 0.3) is 0 Å². The first-order chi connectivity index (χ1) is 16.5. The van der Waals surface area contributed by atoms with Crippen molar-refractivity contribution in [2.45, 2.75) is 19.5 Å². The van der Waals surface area contributed by atoms with E-state index in [1.807, 2.05) is 0 Å². The molecule has 35 heavy (non-hydrogen) atoms. The van der Waals surface area contributed by atoms with E-state index in [9.17, 15) is 26.7 Å². The van der Waals surface area contributed by atoms with Crippen molar-refractivity contribution in [2.75, 3.05) is 11.9 Å². The number of hydrogen-bond acceptors (Lipinski definition) is 4. The summed E-state index contributed by atoms with van der Waals surface area (Å²) in [6, 6.07) is 11.2. The lowest BCUT2D eigenvalue weighted by molar-refractivity contribution is -0.131. The van der Waals surface area contributed by atoms with Crippen LogP contribution in [0.25, 0.3) is 16.7 Å². The van der Waals surface area contributed by atoms with E-state index >= 15 is 0 Å². The van der Waals surface area contributed by atoms with Gasteiger partial charge < -0.3 is 15.8 Å². The number of aromatic nitrogens is 2. The van der Waals surface area contributed by atoms with Crippen molar-refractivity contribution in [2.24, 2.45) is 5.73 Å². The average molecular weight is 490 g/mol. The van der Waals surface area contributed by atoms with Crippen molar-refractivity contribution in [1.82, 2.24) is 9.55 Å². The molecule has 0 radical (unpaired) electrons. The number of imidazole rings is 1. The van der Waals surface area contributed by atoms with Gasteiger partial charge in [-0.25, -0.2) is 9.37 Å². The summed E-state index contributed by atoms with van der Waals surface area (Å²) in [5.41, 5.74) is 7.85. The lowest BCUT2D eigenvalue weighted by atomic mass is 10.1. The molecule has 1 amide bonds. The number of nitrogens with one attached hydrogen (secondary N) is 1. The predicted molar refractivity (Wildman–Crippen MR) is 120 cm³/mol. The number of amides is 1. The van der Waals surface area contributed by atoms with Crippen LogP contribution in [0.4, 0.5) is 27.6 Å². The Morgan fingerprint density at radius 2 is 1.91 bits per heavy atom. The van der Waals surface area contributed by atoms with Gasteiger partial charge in [-0.1, -0.05) is 6.07 Å². The molecular weight excluding hydrogens is 471 g/mol. The van der Waals surface area contributed by atoms with Crippen molar-refractivity contribution in [3.63, 3.8) is 0 Å². The molecular formula is C24H19F5N4O2. The summed E-state index contributed by atoms with van der Waals surface area (Å²) in [5.74, 6) is -3.25. The third-order valence-corrected chi connectivity index (χ3v) is 5.25. The molecule has 182 valence electrons. The Labute approximate surface area is 196 Å². The number of ether oxygens (including phenoxy) is 1. The number of primary amides is 1. The van der Waals surface area contributed by atoms with Gasteiger partial charge in [0.2, 0.25) is 11.7 Å². The van der Waals surface area contributed by atoms with Gasteiger partial charge in [0.15, 0.2) is 11.6 Å². The monoisotopic (exact) mass is 490 g/mol. The second kappa shape index (κ2) is 9.24. The fourth-order valence-corrected chi connectivity index (χ4v) is 3.59. The Kier molecular flexibility index (Phi) is 6.33. The molecule has 3 aromatic carbocycles. The minimum Gasteiger partial charge on any atom is -0.454 e. The molecule has 11 heteroatoms. The van der Waals surface area contributed by atoms with Gasteiger partial charge in [-0.15, -0.1) is 0 Å². The summed E-state index contributed by atoms with van der Waals surface area (Å²) in [7, 11) is 0. The van der Waals surface area contributed by atoms with Crippen LogP contribution >= 0.6 is 0 Å². The van der Waals surface area contributed by atoms with Gasteiger partial charge in [0.05, 0.1) is 17.6 Å². The molecule has 4 rings (SSSR count). The fourth-order valence-electron chi connectivity index (χ4n) is 3.59. The van der Waals surface area contributed by atoms with Crippen molar-refractivity contribution in [3.05, 3.63) is 77.6 Å². The Bertz CT molecular complexity index is 1420. The van der Waals surface area contributed by atoms with Crippen LogP contribution in [0.3, 0.4) is 0 Å². The normalized spacial score (nSPS) is 11.6. The van der Waals surface area contributed by atoms with Crippen LogP contribution in [-0.4, -0.2) is 28.2 Å². The Hall–Kier alpha value is -4.15. The first-order valence-corrected chi connectivity index (χ1v) is 10.4. The zero-order valence-corrected chi connectivity index (χ0v) is 18.3. The van der Waals surface area contributed by atoms with Crippen molar-refractivity contribution < 1.29 is 31.5 Å². The number of carbonyl (C=O) groups is 1. The summed E-state index contributed by atoms with van der Waals surface area (Å²) in [6.07, 6.45) is -4.01. The van der Waals surface area contributed by atoms with E-state index in [1.165, 1.54) is 30.6 Å². The molecule has 0 atom stereocenters. The zero-order chi connectivity index (χ0) is 25.3. The van der Waals surface area contributed by atoms with E-state index in [1.54, 1.807) is 29.7 Å². The zero-order valence-electron chi connectivity index (χ0n) is 18.3. The number of nitrogens with two attached hydrogens (primary N) is 1. The Morgan fingerprint density at radius 1 is 1.14 bits per heavy atom.